The predicted octanol–water partition coefficient (Wildman–Crippen LogP) is 8.72. The summed E-state index contributed by atoms with van der Waals surface area (Å²) in [6, 6.07) is 58.3. The van der Waals surface area contributed by atoms with Crippen LogP contribution in [0.4, 0.5) is 0 Å². The first kappa shape index (κ1) is 34.1. The molecule has 6 rings (SSSR count). The van der Waals surface area contributed by atoms with Gasteiger partial charge in [0, 0.05) is 31.8 Å². The molecule has 224 valence electrons. The van der Waals surface area contributed by atoms with E-state index in [-0.39, 0.29) is 0 Å². The maximum atomic E-state index is 13.8. The Hall–Kier alpha value is -2.83. The minimum absolute atomic E-state index is 0.873. The van der Waals surface area contributed by atoms with Gasteiger partial charge >= 0.3 is 41.5 Å². The van der Waals surface area contributed by atoms with E-state index in [1.165, 1.54) is 0 Å². The van der Waals surface area contributed by atoms with Crippen molar-refractivity contribution in [1.82, 2.24) is 0 Å². The Kier molecular flexibility index (Phi) is 13.2. The standard InChI is InChI=1S/2C18H15OP.3ClH.Mn/c2*19-20(16-10-4-1-5-11-16,17-12-6-2-7-13-17)18-14-8-3-9-15-18;;;;/h2*1-15H;3*1H;/q;;;;;+3/p-3. The first-order chi connectivity index (χ1) is 21.4. The molecule has 0 unspecified atom stereocenters. The monoisotopic (exact) mass is 716 g/mol. The molecule has 0 aliphatic heterocycles. The molecule has 0 atom stereocenters. The van der Waals surface area contributed by atoms with Gasteiger partial charge in [0.05, 0.1) is 0 Å². The summed E-state index contributed by atoms with van der Waals surface area (Å²) in [7, 11) is 9.18. The van der Waals surface area contributed by atoms with E-state index >= 15 is 0 Å². The average Bonchev–Trinajstić information content (AvgIpc) is 3.10. The molecule has 0 aromatic heterocycles. The molecular formula is C36H30Cl3MnO2P2. The van der Waals surface area contributed by atoms with E-state index in [0.717, 1.165) is 31.8 Å². The van der Waals surface area contributed by atoms with E-state index < -0.39 is 25.4 Å². The van der Waals surface area contributed by atoms with Crippen molar-refractivity contribution in [3.8, 4) is 0 Å². The number of halogens is 3. The molecule has 0 aliphatic rings. The van der Waals surface area contributed by atoms with Crippen molar-refractivity contribution >= 4 is 76.4 Å². The van der Waals surface area contributed by atoms with Crippen LogP contribution >= 0.6 is 44.6 Å². The second-order valence-electron chi connectivity index (χ2n) is 9.39. The summed E-state index contributed by atoms with van der Waals surface area (Å²) in [5.41, 5.74) is 0. The minimum atomic E-state index is -2.78. The summed E-state index contributed by atoms with van der Waals surface area (Å²) in [4.78, 5) is 0. The van der Waals surface area contributed by atoms with Crippen molar-refractivity contribution < 1.29 is 20.3 Å². The van der Waals surface area contributed by atoms with Gasteiger partial charge < -0.3 is 9.13 Å². The SMILES string of the molecule is O=P(c1ccccc1)(c1ccccc1)c1ccccc1.O=P(c1ccccc1)(c1ccccc1)c1ccccc1.[Cl][Mn]([Cl])[Cl]. The molecule has 0 N–H and O–H groups in total. The van der Waals surface area contributed by atoms with Gasteiger partial charge in [-0.3, -0.25) is 0 Å². The molecule has 0 heterocycles. The van der Waals surface area contributed by atoms with Gasteiger partial charge in [0.15, 0.2) is 14.3 Å². The molecule has 6 aromatic rings. The molecule has 8 heteroatoms. The van der Waals surface area contributed by atoms with Gasteiger partial charge in [-0.25, -0.2) is 0 Å². The van der Waals surface area contributed by atoms with E-state index in [4.69, 9.17) is 30.3 Å². The quantitative estimate of drug-likeness (QED) is 0.128. The zero-order valence-electron chi connectivity index (χ0n) is 23.5. The fourth-order valence-electron chi connectivity index (χ4n) is 4.72. The van der Waals surface area contributed by atoms with Gasteiger partial charge in [-0.15, -0.1) is 0 Å². The number of benzene rings is 6. The van der Waals surface area contributed by atoms with Crippen LogP contribution in [-0.4, -0.2) is 0 Å². The van der Waals surface area contributed by atoms with Crippen LogP contribution < -0.4 is 31.8 Å². The maximum absolute atomic E-state index is 13.8. The van der Waals surface area contributed by atoms with E-state index in [9.17, 15) is 9.13 Å². The van der Waals surface area contributed by atoms with E-state index in [1.54, 1.807) is 0 Å². The van der Waals surface area contributed by atoms with Gasteiger partial charge in [0.2, 0.25) is 0 Å². The third-order valence-corrected chi connectivity index (χ3v) is 12.9. The average molecular weight is 718 g/mol. The molecule has 0 fully saturated rings. The van der Waals surface area contributed by atoms with Gasteiger partial charge in [-0.05, 0) is 0 Å². The van der Waals surface area contributed by atoms with Crippen molar-refractivity contribution in [3.63, 3.8) is 0 Å². The Labute approximate surface area is 277 Å². The summed E-state index contributed by atoms with van der Waals surface area (Å²) in [5.74, 6) is 0. The molecule has 0 amide bonds. The van der Waals surface area contributed by atoms with E-state index in [2.05, 4.69) is 0 Å². The Morgan fingerprint density at radius 2 is 0.409 bits per heavy atom. The van der Waals surface area contributed by atoms with Crippen LogP contribution in [0.3, 0.4) is 0 Å². The summed E-state index contributed by atoms with van der Waals surface area (Å²) >= 11 is -1.48. The molecule has 2 nitrogen and oxygen atoms in total. The van der Waals surface area contributed by atoms with E-state index in [0.29, 0.717) is 0 Å². The zero-order chi connectivity index (χ0) is 31.3. The molecule has 0 radical (unpaired) electrons. The normalized spacial score (nSPS) is 11.2. The Morgan fingerprint density at radius 1 is 0.295 bits per heavy atom. The van der Waals surface area contributed by atoms with Crippen LogP contribution in [0.25, 0.3) is 0 Å². The summed E-state index contributed by atoms with van der Waals surface area (Å²) in [6.45, 7) is 0. The van der Waals surface area contributed by atoms with Gasteiger partial charge in [-0.1, -0.05) is 182 Å². The van der Waals surface area contributed by atoms with Crippen molar-refractivity contribution in [2.24, 2.45) is 0 Å². The second kappa shape index (κ2) is 17.0. The van der Waals surface area contributed by atoms with Crippen molar-refractivity contribution in [2.45, 2.75) is 0 Å². The topological polar surface area (TPSA) is 34.1 Å². The number of hydrogen-bond donors (Lipinski definition) is 0. The predicted molar refractivity (Wildman–Crippen MR) is 189 cm³/mol. The molecule has 0 bridgehead atoms. The fourth-order valence-corrected chi connectivity index (χ4v) is 10.1. The molecule has 0 saturated carbocycles. The van der Waals surface area contributed by atoms with Gasteiger partial charge in [0.1, 0.15) is 0 Å². The molecule has 0 spiro atoms. The van der Waals surface area contributed by atoms with Crippen LogP contribution in [0.2, 0.25) is 0 Å². The van der Waals surface area contributed by atoms with Crippen LogP contribution in [0.1, 0.15) is 0 Å². The zero-order valence-corrected chi connectivity index (χ0v) is 28.8. The third-order valence-electron chi connectivity index (χ3n) is 6.72. The van der Waals surface area contributed by atoms with Gasteiger partial charge in [0.25, 0.3) is 0 Å². The van der Waals surface area contributed by atoms with Crippen LogP contribution in [-0.2, 0) is 20.3 Å². The van der Waals surface area contributed by atoms with Crippen molar-refractivity contribution in [3.05, 3.63) is 182 Å². The molecule has 6 aromatic carbocycles. The third kappa shape index (κ3) is 8.66. The summed E-state index contributed by atoms with van der Waals surface area (Å²) < 4.78 is 27.6. The van der Waals surface area contributed by atoms with E-state index in [1.807, 2.05) is 182 Å². The molecule has 0 saturated heterocycles. The molecule has 0 aliphatic carbocycles. The Morgan fingerprint density at radius 3 is 0.523 bits per heavy atom. The molecular weight excluding hydrogens is 688 g/mol. The first-order valence-corrected chi connectivity index (χ1v) is 21.9. The number of rotatable bonds is 6. The van der Waals surface area contributed by atoms with Crippen molar-refractivity contribution in [2.75, 3.05) is 0 Å². The van der Waals surface area contributed by atoms with Crippen LogP contribution in [0.15, 0.2) is 182 Å². The van der Waals surface area contributed by atoms with Crippen molar-refractivity contribution in [1.29, 1.82) is 0 Å². The van der Waals surface area contributed by atoms with Gasteiger partial charge in [-0.2, -0.15) is 0 Å². The van der Waals surface area contributed by atoms with Crippen LogP contribution in [0, 0.1) is 0 Å². The fraction of sp³-hybridized carbons (Fsp3) is 0. The first-order valence-electron chi connectivity index (χ1n) is 13.6. The van der Waals surface area contributed by atoms with Crippen LogP contribution in [0.5, 0.6) is 0 Å². The second-order valence-corrected chi connectivity index (χ2v) is 20.8. The number of hydrogen-bond acceptors (Lipinski definition) is 2. The Balaban J connectivity index is 0.000000179. The summed E-state index contributed by atoms with van der Waals surface area (Å²) in [5, 5.41) is 5.24. The molecule has 44 heavy (non-hydrogen) atoms. The Bertz CT molecular complexity index is 1440. The summed E-state index contributed by atoms with van der Waals surface area (Å²) in [6.07, 6.45) is 0.